The fraction of sp³-hybridized carbons (Fsp3) is 0.533. The molecule has 0 aliphatic carbocycles. The van der Waals surface area contributed by atoms with Gasteiger partial charge in [-0.3, -0.25) is 4.79 Å². The zero-order chi connectivity index (χ0) is 15.0. The van der Waals surface area contributed by atoms with Gasteiger partial charge in [0.1, 0.15) is 6.04 Å². The van der Waals surface area contributed by atoms with Crippen molar-refractivity contribution in [2.24, 2.45) is 11.7 Å². The summed E-state index contributed by atoms with van der Waals surface area (Å²) in [6, 6.07) is 3.44. The van der Waals surface area contributed by atoms with Crippen LogP contribution in [0.25, 0.3) is 0 Å². The highest BCUT2D eigenvalue weighted by molar-refractivity contribution is 9.10. The number of amides is 1. The molecule has 0 saturated carbocycles. The second kappa shape index (κ2) is 5.94. The number of carbonyl (C=O) groups excluding carboxylic acids is 1. The first-order valence-electron chi connectivity index (χ1n) is 7.24. The van der Waals surface area contributed by atoms with Crippen LogP contribution in [0.15, 0.2) is 16.6 Å². The predicted molar refractivity (Wildman–Crippen MR) is 86.5 cm³/mol. The number of hydrogen-bond donors (Lipinski definition) is 2. The number of halogens is 1. The topological polar surface area (TPSA) is 67.6 Å². The molecule has 0 radical (unpaired) electrons. The number of nitrogens with one attached hydrogen (secondary N) is 1. The SMILES string of the molecule is COCC1CCN(c2cc3c(cc2Br)C(N)C(=O)N3)CC1. The molecular weight excluding hydrogens is 334 g/mol. The number of anilines is 2. The molecule has 5 nitrogen and oxygen atoms in total. The van der Waals surface area contributed by atoms with Crippen LogP contribution in [0, 0.1) is 5.92 Å². The molecule has 2 heterocycles. The van der Waals surface area contributed by atoms with Gasteiger partial charge in [-0.05, 0) is 46.8 Å². The Bertz CT molecular complexity index is 556. The average molecular weight is 354 g/mol. The van der Waals surface area contributed by atoms with E-state index in [4.69, 9.17) is 10.5 Å². The number of piperidine rings is 1. The molecule has 2 aliphatic rings. The minimum Gasteiger partial charge on any atom is -0.384 e. The van der Waals surface area contributed by atoms with Crippen LogP contribution in [0.4, 0.5) is 11.4 Å². The fourth-order valence-electron chi connectivity index (χ4n) is 3.11. The van der Waals surface area contributed by atoms with Gasteiger partial charge < -0.3 is 20.7 Å². The number of methoxy groups -OCH3 is 1. The van der Waals surface area contributed by atoms with E-state index in [-0.39, 0.29) is 5.91 Å². The van der Waals surface area contributed by atoms with Crippen molar-refractivity contribution in [3.63, 3.8) is 0 Å². The summed E-state index contributed by atoms with van der Waals surface area (Å²) in [5.74, 6) is 0.514. The van der Waals surface area contributed by atoms with Crippen molar-refractivity contribution in [1.82, 2.24) is 0 Å². The first kappa shape index (κ1) is 14.8. The number of carbonyl (C=O) groups is 1. The largest absolute Gasteiger partial charge is 0.384 e. The molecule has 1 unspecified atom stereocenters. The van der Waals surface area contributed by atoms with Crippen molar-refractivity contribution in [2.75, 3.05) is 37.0 Å². The van der Waals surface area contributed by atoms with Crippen LogP contribution in [0.1, 0.15) is 24.4 Å². The molecule has 2 aliphatic heterocycles. The number of hydrogen-bond acceptors (Lipinski definition) is 4. The molecule has 0 aromatic heterocycles. The van der Waals surface area contributed by atoms with E-state index in [1.54, 1.807) is 7.11 Å². The lowest BCUT2D eigenvalue weighted by atomic mass is 9.97. The molecule has 1 atom stereocenters. The third kappa shape index (κ3) is 2.80. The zero-order valence-electron chi connectivity index (χ0n) is 12.1. The number of fused-ring (bicyclic) bond motifs is 1. The minimum absolute atomic E-state index is 0.132. The first-order chi connectivity index (χ1) is 10.1. The Morgan fingerprint density at radius 2 is 2.14 bits per heavy atom. The van der Waals surface area contributed by atoms with E-state index in [1.165, 1.54) is 0 Å². The average Bonchev–Trinajstić information content (AvgIpc) is 2.75. The second-order valence-electron chi connectivity index (χ2n) is 5.74. The van der Waals surface area contributed by atoms with Crippen LogP contribution in [0.5, 0.6) is 0 Å². The van der Waals surface area contributed by atoms with Crippen molar-refractivity contribution in [2.45, 2.75) is 18.9 Å². The van der Waals surface area contributed by atoms with Gasteiger partial charge in [0.2, 0.25) is 5.91 Å². The predicted octanol–water partition coefficient (Wildman–Crippen LogP) is 2.26. The third-order valence-electron chi connectivity index (χ3n) is 4.35. The Hall–Kier alpha value is -1.11. The maximum absolute atomic E-state index is 11.7. The van der Waals surface area contributed by atoms with Gasteiger partial charge in [0.05, 0.1) is 5.69 Å². The van der Waals surface area contributed by atoms with Crippen molar-refractivity contribution >= 4 is 33.2 Å². The van der Waals surface area contributed by atoms with E-state index in [9.17, 15) is 4.79 Å². The molecule has 1 amide bonds. The summed E-state index contributed by atoms with van der Waals surface area (Å²) < 4.78 is 6.24. The molecule has 3 N–H and O–H groups in total. The van der Waals surface area contributed by atoms with Gasteiger partial charge in [0.15, 0.2) is 0 Å². The van der Waals surface area contributed by atoms with E-state index in [0.29, 0.717) is 5.92 Å². The molecule has 1 saturated heterocycles. The third-order valence-corrected chi connectivity index (χ3v) is 4.99. The molecule has 114 valence electrons. The Labute approximate surface area is 132 Å². The van der Waals surface area contributed by atoms with E-state index in [0.717, 1.165) is 53.9 Å². The number of ether oxygens (including phenoxy) is 1. The summed E-state index contributed by atoms with van der Waals surface area (Å²) in [7, 11) is 1.76. The van der Waals surface area contributed by atoms with Gasteiger partial charge in [0, 0.05) is 42.5 Å². The summed E-state index contributed by atoms with van der Waals surface area (Å²) in [6.07, 6.45) is 2.26. The first-order valence-corrected chi connectivity index (χ1v) is 8.03. The fourth-order valence-corrected chi connectivity index (χ4v) is 3.72. The Morgan fingerprint density at radius 3 is 2.81 bits per heavy atom. The normalized spacial score (nSPS) is 22.3. The maximum Gasteiger partial charge on any atom is 0.245 e. The molecule has 1 fully saturated rings. The van der Waals surface area contributed by atoms with E-state index >= 15 is 0 Å². The van der Waals surface area contributed by atoms with Crippen LogP contribution >= 0.6 is 15.9 Å². The summed E-state index contributed by atoms with van der Waals surface area (Å²) in [4.78, 5) is 14.0. The number of benzene rings is 1. The Balaban J connectivity index is 1.78. The maximum atomic E-state index is 11.7. The molecule has 21 heavy (non-hydrogen) atoms. The van der Waals surface area contributed by atoms with Gasteiger partial charge >= 0.3 is 0 Å². The van der Waals surface area contributed by atoms with Crippen LogP contribution in [-0.2, 0) is 9.53 Å². The lowest BCUT2D eigenvalue weighted by Gasteiger charge is -2.34. The van der Waals surface area contributed by atoms with E-state index in [1.807, 2.05) is 12.1 Å². The van der Waals surface area contributed by atoms with Gasteiger partial charge in [-0.25, -0.2) is 0 Å². The molecule has 1 aromatic carbocycles. The number of nitrogens with zero attached hydrogens (tertiary/aromatic N) is 1. The number of rotatable bonds is 3. The molecule has 6 heteroatoms. The standard InChI is InChI=1S/C15H20BrN3O2/c1-21-8-9-2-4-19(5-3-9)13-7-12-10(6-11(13)16)14(17)15(20)18-12/h6-7,9,14H,2-5,8,17H2,1H3,(H,18,20). The highest BCUT2D eigenvalue weighted by Gasteiger charge is 2.29. The van der Waals surface area contributed by atoms with Crippen molar-refractivity contribution in [3.05, 3.63) is 22.2 Å². The van der Waals surface area contributed by atoms with Crippen LogP contribution in [0.3, 0.4) is 0 Å². The minimum atomic E-state index is -0.558. The molecule has 0 bridgehead atoms. The molecule has 1 aromatic rings. The van der Waals surface area contributed by atoms with Crippen molar-refractivity contribution < 1.29 is 9.53 Å². The number of nitrogens with two attached hydrogens (primary N) is 1. The van der Waals surface area contributed by atoms with Gasteiger partial charge in [-0.1, -0.05) is 0 Å². The lowest BCUT2D eigenvalue weighted by Crippen LogP contribution is -2.35. The molecule has 3 rings (SSSR count). The summed E-state index contributed by atoms with van der Waals surface area (Å²) >= 11 is 3.62. The highest BCUT2D eigenvalue weighted by Crippen LogP contribution is 2.39. The van der Waals surface area contributed by atoms with Crippen molar-refractivity contribution in [1.29, 1.82) is 0 Å². The smallest absolute Gasteiger partial charge is 0.245 e. The Morgan fingerprint density at radius 1 is 1.43 bits per heavy atom. The summed E-state index contributed by atoms with van der Waals surface area (Å²) in [5, 5.41) is 2.85. The van der Waals surface area contributed by atoms with Crippen LogP contribution in [-0.4, -0.2) is 32.7 Å². The highest BCUT2D eigenvalue weighted by atomic mass is 79.9. The summed E-state index contributed by atoms with van der Waals surface area (Å²) in [6.45, 7) is 2.85. The van der Waals surface area contributed by atoms with E-state index in [2.05, 4.69) is 26.1 Å². The monoisotopic (exact) mass is 353 g/mol. The van der Waals surface area contributed by atoms with Crippen molar-refractivity contribution in [3.8, 4) is 0 Å². The lowest BCUT2D eigenvalue weighted by molar-refractivity contribution is -0.116. The van der Waals surface area contributed by atoms with Gasteiger partial charge in [-0.15, -0.1) is 0 Å². The Kier molecular flexibility index (Phi) is 4.19. The molecule has 0 spiro atoms. The van der Waals surface area contributed by atoms with Gasteiger partial charge in [0.25, 0.3) is 0 Å². The van der Waals surface area contributed by atoms with E-state index < -0.39 is 6.04 Å². The second-order valence-corrected chi connectivity index (χ2v) is 6.60. The summed E-state index contributed by atoms with van der Waals surface area (Å²) in [5.41, 5.74) is 8.71. The van der Waals surface area contributed by atoms with Crippen LogP contribution in [0.2, 0.25) is 0 Å². The molecular formula is C15H20BrN3O2. The van der Waals surface area contributed by atoms with Crippen LogP contribution < -0.4 is 16.0 Å². The quantitative estimate of drug-likeness (QED) is 0.874. The van der Waals surface area contributed by atoms with Gasteiger partial charge in [-0.2, -0.15) is 0 Å². The zero-order valence-corrected chi connectivity index (χ0v) is 13.6.